The van der Waals surface area contributed by atoms with Crippen LogP contribution in [0.5, 0.6) is 5.75 Å². The number of aliphatic imine (C=N–C) groups is 1. The number of aromatic amines is 1. The fourth-order valence-electron chi connectivity index (χ4n) is 4.01. The summed E-state index contributed by atoms with van der Waals surface area (Å²) in [7, 11) is 0. The quantitative estimate of drug-likeness (QED) is 0.259. The van der Waals surface area contributed by atoms with Crippen molar-refractivity contribution < 1.29 is 5.11 Å². The molecule has 210 valence electrons. The van der Waals surface area contributed by atoms with E-state index in [0.29, 0.717) is 11.8 Å². The Balaban J connectivity index is 0. The van der Waals surface area contributed by atoms with Gasteiger partial charge < -0.3 is 15.8 Å². The van der Waals surface area contributed by atoms with Crippen molar-refractivity contribution in [3.8, 4) is 5.75 Å². The maximum absolute atomic E-state index is 9.99. The van der Waals surface area contributed by atoms with Gasteiger partial charge >= 0.3 is 0 Å². The summed E-state index contributed by atoms with van der Waals surface area (Å²) in [4.78, 5) is 7.43. The van der Waals surface area contributed by atoms with Crippen molar-refractivity contribution in [1.82, 2.24) is 4.98 Å². The van der Waals surface area contributed by atoms with Crippen LogP contribution >= 0.6 is 0 Å². The van der Waals surface area contributed by atoms with Gasteiger partial charge in [0.2, 0.25) is 0 Å². The molecule has 1 aromatic heterocycles. The number of nitrogens with zero attached hydrogens (tertiary/aromatic N) is 1. The third kappa shape index (κ3) is 13.0. The zero-order valence-electron chi connectivity index (χ0n) is 26.0. The number of hydrogen-bond donors (Lipinski definition) is 3. The summed E-state index contributed by atoms with van der Waals surface area (Å²) in [6, 6.07) is 0.546. The minimum absolute atomic E-state index is 0.380. The largest absolute Gasteiger partial charge is 0.505 e. The van der Waals surface area contributed by atoms with Gasteiger partial charge in [-0.1, -0.05) is 83.4 Å². The molecular formula is C33H57N3O. The van der Waals surface area contributed by atoms with Crippen LogP contribution in [0.1, 0.15) is 102 Å². The maximum Gasteiger partial charge on any atom is 0.144 e. The van der Waals surface area contributed by atoms with Gasteiger partial charge in [0.1, 0.15) is 5.75 Å². The normalized spacial score (nSPS) is 19.2. The van der Waals surface area contributed by atoms with Crippen molar-refractivity contribution in [2.75, 3.05) is 0 Å². The lowest BCUT2D eigenvalue weighted by atomic mass is 10.2. The van der Waals surface area contributed by atoms with Gasteiger partial charge in [-0.3, -0.25) is 4.99 Å². The molecular weight excluding hydrogens is 454 g/mol. The van der Waals surface area contributed by atoms with E-state index in [1.807, 2.05) is 87.5 Å². The number of hydrogen-bond acceptors (Lipinski definition) is 3. The van der Waals surface area contributed by atoms with Crippen LogP contribution in [0.2, 0.25) is 0 Å². The molecule has 1 aliphatic rings. The number of aryl methyl sites for hydroxylation is 1. The van der Waals surface area contributed by atoms with Crippen LogP contribution in [-0.2, 0) is 6.42 Å². The fraction of sp³-hybridized carbons (Fsp3) is 0.545. The predicted molar refractivity (Wildman–Crippen MR) is 168 cm³/mol. The van der Waals surface area contributed by atoms with Crippen molar-refractivity contribution in [3.63, 3.8) is 0 Å². The number of rotatable bonds is 7. The lowest BCUT2D eigenvalue weighted by molar-refractivity contribution is 0.465. The first-order valence-corrected chi connectivity index (χ1v) is 13.9. The minimum Gasteiger partial charge on any atom is -0.505 e. The molecule has 0 amide bonds. The number of aromatic nitrogens is 1. The van der Waals surface area contributed by atoms with Crippen molar-refractivity contribution in [3.05, 3.63) is 64.0 Å². The average Bonchev–Trinajstić information content (AvgIpc) is 3.39. The fourth-order valence-corrected chi connectivity index (χ4v) is 4.01. The Morgan fingerprint density at radius 2 is 1.51 bits per heavy atom. The molecule has 1 heterocycles. The molecule has 0 radical (unpaired) electrons. The monoisotopic (exact) mass is 511 g/mol. The first-order valence-electron chi connectivity index (χ1n) is 13.9. The van der Waals surface area contributed by atoms with Gasteiger partial charge in [0, 0.05) is 22.8 Å². The van der Waals surface area contributed by atoms with Crippen molar-refractivity contribution in [2.24, 2.45) is 22.6 Å². The Morgan fingerprint density at radius 1 is 1.00 bits per heavy atom. The van der Waals surface area contributed by atoms with Gasteiger partial charge in [-0.05, 0) is 84.4 Å². The number of allylic oxidation sites excluding steroid dienone is 5. The second-order valence-electron chi connectivity index (χ2n) is 9.54. The molecule has 4 N–H and O–H groups in total. The Bertz CT molecular complexity index is 1040. The summed E-state index contributed by atoms with van der Waals surface area (Å²) in [5, 5.41) is 11.9. The molecule has 1 fully saturated rings. The first kappa shape index (κ1) is 36.6. The third-order valence-electron chi connectivity index (χ3n) is 6.19. The van der Waals surface area contributed by atoms with Gasteiger partial charge in [-0.2, -0.15) is 0 Å². The minimum atomic E-state index is 0.380. The number of aromatic hydroxyl groups is 1. The van der Waals surface area contributed by atoms with Crippen LogP contribution in [0.3, 0.4) is 0 Å². The molecule has 4 heteroatoms. The molecule has 1 aromatic rings. The van der Waals surface area contributed by atoms with Gasteiger partial charge in [0.25, 0.3) is 0 Å². The molecule has 0 spiro atoms. The Kier molecular flexibility index (Phi) is 19.3. The van der Waals surface area contributed by atoms with Crippen LogP contribution in [0, 0.1) is 11.8 Å². The van der Waals surface area contributed by atoms with E-state index >= 15 is 0 Å². The summed E-state index contributed by atoms with van der Waals surface area (Å²) in [6.45, 7) is 32.0. The van der Waals surface area contributed by atoms with E-state index in [2.05, 4.69) is 37.0 Å². The highest BCUT2D eigenvalue weighted by molar-refractivity contribution is 5.57. The SMILES string of the molecule is C=C(C)/C(=C\C(C)=C/C)N=CC.C=C(C)/C=c1/[nH]c(CC)c(O)c1=C(C)C.CC.CCC1C(N)C1CC. The van der Waals surface area contributed by atoms with Gasteiger partial charge in [-0.25, -0.2) is 0 Å². The van der Waals surface area contributed by atoms with Crippen LogP contribution in [0.4, 0.5) is 0 Å². The van der Waals surface area contributed by atoms with Gasteiger partial charge in [0.15, 0.2) is 0 Å². The number of H-pyrrole nitrogens is 1. The summed E-state index contributed by atoms with van der Waals surface area (Å²) >= 11 is 0. The summed E-state index contributed by atoms with van der Waals surface area (Å²) < 4.78 is 0. The molecule has 2 rings (SSSR count). The lowest BCUT2D eigenvalue weighted by Crippen LogP contribution is -2.24. The highest BCUT2D eigenvalue weighted by Crippen LogP contribution is 2.41. The lowest BCUT2D eigenvalue weighted by Gasteiger charge is -1.99. The molecule has 0 aromatic carbocycles. The van der Waals surface area contributed by atoms with Crippen molar-refractivity contribution in [2.45, 2.75) is 108 Å². The molecule has 37 heavy (non-hydrogen) atoms. The Labute approximate surface area is 228 Å². The smallest absolute Gasteiger partial charge is 0.144 e. The summed E-state index contributed by atoms with van der Waals surface area (Å²) in [6.07, 6.45) is 11.2. The van der Waals surface area contributed by atoms with E-state index in [4.69, 9.17) is 5.73 Å². The zero-order valence-corrected chi connectivity index (χ0v) is 26.0. The van der Waals surface area contributed by atoms with E-state index in [-0.39, 0.29) is 0 Å². The Hall–Kier alpha value is -2.59. The predicted octanol–water partition coefficient (Wildman–Crippen LogP) is 7.74. The van der Waals surface area contributed by atoms with Gasteiger partial charge in [0.05, 0.1) is 11.4 Å². The number of nitrogens with one attached hydrogen (secondary N) is 1. The molecule has 1 aliphatic carbocycles. The number of nitrogens with two attached hydrogens (primary N) is 1. The van der Waals surface area contributed by atoms with Crippen LogP contribution in [0.25, 0.3) is 11.6 Å². The highest BCUT2D eigenvalue weighted by atomic mass is 16.3. The van der Waals surface area contributed by atoms with E-state index in [1.54, 1.807) is 6.21 Å². The molecule has 2 atom stereocenters. The zero-order chi connectivity index (χ0) is 29.3. The molecule has 2 unspecified atom stereocenters. The van der Waals surface area contributed by atoms with Crippen LogP contribution in [-0.4, -0.2) is 22.3 Å². The molecule has 4 nitrogen and oxygen atoms in total. The maximum atomic E-state index is 9.99. The standard InChI is InChI=1S/C13H19NO.C11H17N.C7H15N.C2H6/c1-6-10-13(15)12(9(4)5)11(14-10)7-8(2)3;1-6-10(5)8-11(9(3)4)12-7-2;1-3-5-6(4-2)7(5)8;1-2/h7,14-15H,2,6H2,1,3-5H3;6-8H,3H2,1-2,4-5H3;5-7H,3-4,8H2,1-2H3;1-2H3/b11-7+;10-6-,11-8+,12-7?;;. The van der Waals surface area contributed by atoms with Crippen molar-refractivity contribution in [1.29, 1.82) is 0 Å². The molecule has 0 bridgehead atoms. The van der Waals surface area contributed by atoms with E-state index in [1.165, 1.54) is 18.4 Å². The molecule has 1 saturated carbocycles. The highest BCUT2D eigenvalue weighted by Gasteiger charge is 2.43. The second-order valence-corrected chi connectivity index (χ2v) is 9.54. The summed E-state index contributed by atoms with van der Waals surface area (Å²) in [5.74, 6) is 2.10. The molecule has 0 aliphatic heterocycles. The first-order chi connectivity index (χ1) is 17.4. The van der Waals surface area contributed by atoms with Crippen LogP contribution < -0.4 is 16.3 Å². The average molecular weight is 512 g/mol. The van der Waals surface area contributed by atoms with Crippen LogP contribution in [0.15, 0.2) is 52.7 Å². The van der Waals surface area contributed by atoms with E-state index < -0.39 is 0 Å². The molecule has 0 saturated heterocycles. The summed E-state index contributed by atoms with van der Waals surface area (Å²) in [5.41, 5.74) is 11.9. The second kappa shape index (κ2) is 19.5. The Morgan fingerprint density at radius 3 is 1.81 bits per heavy atom. The van der Waals surface area contributed by atoms with E-state index in [9.17, 15) is 5.11 Å². The van der Waals surface area contributed by atoms with E-state index in [0.717, 1.165) is 56.9 Å². The topological polar surface area (TPSA) is 74.4 Å². The van der Waals surface area contributed by atoms with Crippen molar-refractivity contribution >= 4 is 17.9 Å². The van der Waals surface area contributed by atoms with Gasteiger partial charge in [-0.15, -0.1) is 0 Å². The third-order valence-corrected chi connectivity index (χ3v) is 6.19.